The quantitative estimate of drug-likeness (QED) is 0.780. The first-order chi connectivity index (χ1) is 8.24. The number of nitrogens with zero attached hydrogens (tertiary/aromatic N) is 2. The zero-order valence-corrected chi connectivity index (χ0v) is 12.0. The van der Waals surface area contributed by atoms with E-state index in [1.807, 2.05) is 23.0 Å². The topological polar surface area (TPSA) is 17.8 Å². The molecule has 0 bridgehead atoms. The molecule has 1 heterocycles. The molecular formula is C13H14BrClN2. The molecule has 2 rings (SSSR count). The van der Waals surface area contributed by atoms with E-state index in [-0.39, 0.29) is 0 Å². The summed E-state index contributed by atoms with van der Waals surface area (Å²) in [7, 11) is 0. The lowest BCUT2D eigenvalue weighted by Crippen LogP contribution is -2.06. The summed E-state index contributed by atoms with van der Waals surface area (Å²) in [6.45, 7) is 2.92. The number of halogens is 2. The lowest BCUT2D eigenvalue weighted by atomic mass is 10.2. The van der Waals surface area contributed by atoms with Crippen LogP contribution in [0.5, 0.6) is 0 Å². The molecule has 0 aliphatic carbocycles. The fraction of sp³-hybridized carbons (Fsp3) is 0.308. The first-order valence-electron chi connectivity index (χ1n) is 5.58. The maximum atomic E-state index is 5.89. The highest BCUT2D eigenvalue weighted by Gasteiger charge is 2.08. The van der Waals surface area contributed by atoms with Gasteiger partial charge in [0.15, 0.2) is 0 Å². The summed E-state index contributed by atoms with van der Waals surface area (Å²) in [5.41, 5.74) is 3.59. The molecule has 1 aromatic carbocycles. The van der Waals surface area contributed by atoms with E-state index in [0.29, 0.717) is 5.88 Å². The highest BCUT2D eigenvalue weighted by Crippen LogP contribution is 2.16. The van der Waals surface area contributed by atoms with E-state index in [1.54, 1.807) is 0 Å². The monoisotopic (exact) mass is 312 g/mol. The molecule has 0 saturated heterocycles. The Morgan fingerprint density at radius 2 is 2.24 bits per heavy atom. The van der Waals surface area contributed by atoms with Gasteiger partial charge < -0.3 is 0 Å². The maximum Gasteiger partial charge on any atom is 0.0663 e. The van der Waals surface area contributed by atoms with Crippen LogP contribution in [0.15, 0.2) is 34.9 Å². The number of benzene rings is 1. The van der Waals surface area contributed by atoms with Gasteiger partial charge in [-0.2, -0.15) is 5.10 Å². The Bertz CT molecular complexity index is 508. The van der Waals surface area contributed by atoms with Crippen molar-refractivity contribution in [3.05, 3.63) is 51.8 Å². The predicted molar refractivity (Wildman–Crippen MR) is 74.4 cm³/mol. The highest BCUT2D eigenvalue weighted by atomic mass is 79.9. The van der Waals surface area contributed by atoms with Crippen LogP contribution in [0.1, 0.15) is 23.7 Å². The normalized spacial score (nSPS) is 10.8. The molecule has 0 saturated carbocycles. The van der Waals surface area contributed by atoms with E-state index in [2.05, 4.69) is 40.1 Å². The van der Waals surface area contributed by atoms with Crippen LogP contribution < -0.4 is 0 Å². The molecule has 1 aromatic heterocycles. The van der Waals surface area contributed by atoms with E-state index >= 15 is 0 Å². The fourth-order valence-electron chi connectivity index (χ4n) is 1.92. The molecular weight excluding hydrogens is 300 g/mol. The fourth-order valence-corrected chi connectivity index (χ4v) is 2.58. The molecule has 90 valence electrons. The highest BCUT2D eigenvalue weighted by molar-refractivity contribution is 9.10. The largest absolute Gasteiger partial charge is 0.265 e. The van der Waals surface area contributed by atoms with E-state index in [4.69, 9.17) is 11.6 Å². The lowest BCUT2D eigenvalue weighted by molar-refractivity contribution is 0.648. The number of hydrogen-bond donors (Lipinski definition) is 0. The zero-order valence-electron chi connectivity index (χ0n) is 9.66. The number of alkyl halides is 1. The summed E-state index contributed by atoms with van der Waals surface area (Å²) in [5, 5.41) is 4.40. The number of aromatic nitrogens is 2. The molecule has 0 N–H and O–H groups in total. The Morgan fingerprint density at radius 3 is 2.88 bits per heavy atom. The van der Waals surface area contributed by atoms with E-state index in [0.717, 1.165) is 23.0 Å². The van der Waals surface area contributed by atoms with Gasteiger partial charge in [-0.25, -0.2) is 0 Å². The van der Waals surface area contributed by atoms with Crippen LogP contribution in [-0.4, -0.2) is 9.78 Å². The summed E-state index contributed by atoms with van der Waals surface area (Å²) in [6.07, 6.45) is 2.82. The lowest BCUT2D eigenvalue weighted by Gasteiger charge is -2.07. The molecule has 4 heteroatoms. The summed E-state index contributed by atoms with van der Waals surface area (Å²) in [6, 6.07) is 8.28. The van der Waals surface area contributed by atoms with Gasteiger partial charge in [0.2, 0.25) is 0 Å². The first-order valence-corrected chi connectivity index (χ1v) is 6.91. The molecule has 0 amide bonds. The molecule has 2 aromatic rings. The van der Waals surface area contributed by atoms with Gasteiger partial charge in [-0.05, 0) is 24.1 Å². The molecule has 0 aliphatic rings. The van der Waals surface area contributed by atoms with Crippen molar-refractivity contribution >= 4 is 27.5 Å². The van der Waals surface area contributed by atoms with E-state index < -0.39 is 0 Å². The van der Waals surface area contributed by atoms with Crippen LogP contribution in [0.3, 0.4) is 0 Å². The van der Waals surface area contributed by atoms with Gasteiger partial charge in [0.1, 0.15) is 0 Å². The van der Waals surface area contributed by atoms with Gasteiger partial charge in [-0.3, -0.25) is 4.68 Å². The Labute approximate surface area is 115 Å². The van der Waals surface area contributed by atoms with Crippen LogP contribution in [0.4, 0.5) is 0 Å². The third-order valence-corrected chi connectivity index (χ3v) is 3.52. The minimum Gasteiger partial charge on any atom is -0.265 e. The minimum atomic E-state index is 0.529. The Balaban J connectivity index is 2.27. The standard InChI is InChI=1S/C13H14BrClN2/c1-2-13-11(7-15)8-16-17(13)9-10-4-3-5-12(14)6-10/h3-6,8H,2,7,9H2,1H3. The van der Waals surface area contributed by atoms with Crippen LogP contribution in [0, 0.1) is 0 Å². The predicted octanol–water partition coefficient (Wildman–Crippen LogP) is 4.00. The Kier molecular flexibility index (Phi) is 4.24. The molecule has 0 radical (unpaired) electrons. The minimum absolute atomic E-state index is 0.529. The smallest absolute Gasteiger partial charge is 0.0663 e. The average molecular weight is 314 g/mol. The molecule has 0 atom stereocenters. The van der Waals surface area contributed by atoms with Crippen LogP contribution in [-0.2, 0) is 18.8 Å². The van der Waals surface area contributed by atoms with Gasteiger partial charge in [-0.1, -0.05) is 35.0 Å². The Morgan fingerprint density at radius 1 is 1.41 bits per heavy atom. The summed E-state index contributed by atoms with van der Waals surface area (Å²) >= 11 is 9.37. The molecule has 0 fully saturated rings. The van der Waals surface area contributed by atoms with Crippen molar-refractivity contribution < 1.29 is 0 Å². The first kappa shape index (κ1) is 12.7. The van der Waals surface area contributed by atoms with Crippen molar-refractivity contribution in [1.82, 2.24) is 9.78 Å². The third kappa shape index (κ3) is 2.90. The van der Waals surface area contributed by atoms with Gasteiger partial charge in [0.05, 0.1) is 18.6 Å². The summed E-state index contributed by atoms with van der Waals surface area (Å²) in [5.74, 6) is 0.529. The van der Waals surface area contributed by atoms with Crippen LogP contribution >= 0.6 is 27.5 Å². The van der Waals surface area contributed by atoms with Gasteiger partial charge in [-0.15, -0.1) is 11.6 Å². The Hall–Kier alpha value is -0.800. The van der Waals surface area contributed by atoms with Crippen molar-refractivity contribution in [2.75, 3.05) is 0 Å². The molecule has 2 nitrogen and oxygen atoms in total. The van der Waals surface area contributed by atoms with Crippen molar-refractivity contribution in [1.29, 1.82) is 0 Å². The maximum absolute atomic E-state index is 5.89. The van der Waals surface area contributed by atoms with Crippen molar-refractivity contribution in [3.63, 3.8) is 0 Å². The van der Waals surface area contributed by atoms with Gasteiger partial charge in [0.25, 0.3) is 0 Å². The molecule has 0 unspecified atom stereocenters. The SMILES string of the molecule is CCc1c(CCl)cnn1Cc1cccc(Br)c1. The van der Waals surface area contributed by atoms with Gasteiger partial charge in [0, 0.05) is 15.7 Å². The molecule has 0 aliphatic heterocycles. The van der Waals surface area contributed by atoms with E-state index in [9.17, 15) is 0 Å². The summed E-state index contributed by atoms with van der Waals surface area (Å²) < 4.78 is 3.12. The molecule has 17 heavy (non-hydrogen) atoms. The van der Waals surface area contributed by atoms with E-state index in [1.165, 1.54) is 11.3 Å². The van der Waals surface area contributed by atoms with Crippen LogP contribution in [0.2, 0.25) is 0 Å². The number of rotatable bonds is 4. The third-order valence-electron chi connectivity index (χ3n) is 2.74. The van der Waals surface area contributed by atoms with Crippen molar-refractivity contribution in [3.8, 4) is 0 Å². The second-order valence-corrected chi connectivity index (χ2v) is 5.07. The molecule has 0 spiro atoms. The summed E-state index contributed by atoms with van der Waals surface area (Å²) in [4.78, 5) is 0. The zero-order chi connectivity index (χ0) is 12.3. The van der Waals surface area contributed by atoms with Crippen LogP contribution in [0.25, 0.3) is 0 Å². The number of hydrogen-bond acceptors (Lipinski definition) is 1. The second kappa shape index (κ2) is 5.69. The van der Waals surface area contributed by atoms with Crippen molar-refractivity contribution in [2.45, 2.75) is 25.8 Å². The van der Waals surface area contributed by atoms with Crippen molar-refractivity contribution in [2.24, 2.45) is 0 Å². The van der Waals surface area contributed by atoms with Gasteiger partial charge >= 0.3 is 0 Å². The second-order valence-electron chi connectivity index (χ2n) is 3.89. The average Bonchev–Trinajstić information content (AvgIpc) is 2.71.